The van der Waals surface area contributed by atoms with Gasteiger partial charge in [0.2, 0.25) is 0 Å². The number of nitrogen functional groups attached to an aromatic ring is 1. The van der Waals surface area contributed by atoms with E-state index in [0.29, 0.717) is 18.9 Å². The van der Waals surface area contributed by atoms with E-state index >= 15 is 0 Å². The molecule has 3 N–H and O–H groups in total. The highest BCUT2D eigenvalue weighted by molar-refractivity contribution is 7.90. The van der Waals surface area contributed by atoms with Gasteiger partial charge in [-0.1, -0.05) is 19.3 Å². The lowest BCUT2D eigenvalue weighted by Gasteiger charge is -2.34. The van der Waals surface area contributed by atoms with Crippen LogP contribution < -0.4 is 10.5 Å². The minimum Gasteiger partial charge on any atom is -0.395 e. The maximum atomic E-state index is 13.7. The van der Waals surface area contributed by atoms with Gasteiger partial charge >= 0.3 is 0 Å². The molecule has 0 saturated heterocycles. The van der Waals surface area contributed by atoms with E-state index in [0.717, 1.165) is 25.3 Å². The Morgan fingerprint density at radius 3 is 2.54 bits per heavy atom. The Labute approximate surface area is 139 Å². The topological polar surface area (TPSA) is 122 Å². The van der Waals surface area contributed by atoms with Gasteiger partial charge < -0.3 is 10.5 Å². The largest absolute Gasteiger partial charge is 0.395 e. The number of amides is 1. The van der Waals surface area contributed by atoms with Crippen LogP contribution in [0, 0.1) is 17.1 Å². The third-order valence-corrected chi connectivity index (χ3v) is 5.54. The van der Waals surface area contributed by atoms with Gasteiger partial charge in [-0.3, -0.25) is 4.79 Å². The monoisotopic (exact) mass is 355 g/mol. The lowest BCUT2D eigenvalue weighted by molar-refractivity contribution is -0.145. The number of hydrogen-bond donors (Lipinski definition) is 2. The minimum atomic E-state index is -4.36. The molecule has 1 amide bonds. The molecule has 0 bridgehead atoms. The highest BCUT2D eigenvalue weighted by atomic mass is 32.2. The molecule has 0 radical (unpaired) electrons. The number of methoxy groups -OCH3 is 1. The number of rotatable bonds is 4. The maximum absolute atomic E-state index is 13.7. The number of benzene rings is 1. The van der Waals surface area contributed by atoms with Gasteiger partial charge in [-0.2, -0.15) is 5.26 Å². The zero-order valence-electron chi connectivity index (χ0n) is 13.1. The van der Waals surface area contributed by atoms with E-state index in [-0.39, 0.29) is 5.56 Å². The average molecular weight is 355 g/mol. The molecule has 0 aromatic heterocycles. The summed E-state index contributed by atoms with van der Waals surface area (Å²) in [6, 6.07) is 3.21. The van der Waals surface area contributed by atoms with E-state index in [4.69, 9.17) is 15.7 Å². The Kier molecular flexibility index (Phi) is 5.11. The van der Waals surface area contributed by atoms with Crippen LogP contribution in [0.3, 0.4) is 0 Å². The zero-order valence-corrected chi connectivity index (χ0v) is 14.0. The molecule has 1 aromatic carbocycles. The second kappa shape index (κ2) is 6.75. The Morgan fingerprint density at radius 2 is 2.00 bits per heavy atom. The van der Waals surface area contributed by atoms with E-state index in [9.17, 15) is 17.6 Å². The van der Waals surface area contributed by atoms with Crippen LogP contribution in [0.4, 0.5) is 10.1 Å². The van der Waals surface area contributed by atoms with Crippen LogP contribution >= 0.6 is 0 Å². The van der Waals surface area contributed by atoms with Crippen molar-refractivity contribution in [1.29, 1.82) is 5.26 Å². The Morgan fingerprint density at radius 1 is 1.38 bits per heavy atom. The standard InChI is InChI=1S/C15H18FN3O4S/c1-23-15(5-3-2-4-6-15)14(20)19-24(21,22)11-7-10(9-17)13(18)12(16)8-11/h7-8H,2-6,18H2,1H3,(H,19,20). The number of nitrogens with one attached hydrogen (secondary N) is 1. The number of nitrogens with zero attached hydrogens (tertiary/aromatic N) is 1. The Bertz CT molecular complexity index is 796. The van der Waals surface area contributed by atoms with Gasteiger partial charge in [0, 0.05) is 7.11 Å². The molecule has 7 nitrogen and oxygen atoms in total. The van der Waals surface area contributed by atoms with E-state index in [2.05, 4.69) is 0 Å². The maximum Gasteiger partial charge on any atom is 0.265 e. The van der Waals surface area contributed by atoms with Crippen molar-refractivity contribution >= 4 is 21.6 Å². The zero-order chi connectivity index (χ0) is 18.0. The predicted molar refractivity (Wildman–Crippen MR) is 83.7 cm³/mol. The van der Waals surface area contributed by atoms with Gasteiger partial charge in [0.15, 0.2) is 0 Å². The van der Waals surface area contributed by atoms with Crippen molar-refractivity contribution in [2.75, 3.05) is 12.8 Å². The lowest BCUT2D eigenvalue weighted by Crippen LogP contribution is -2.51. The summed E-state index contributed by atoms with van der Waals surface area (Å²) in [4.78, 5) is 11.9. The molecular weight excluding hydrogens is 337 g/mol. The molecule has 0 heterocycles. The number of sulfonamides is 1. The normalized spacial score (nSPS) is 17.0. The first-order valence-electron chi connectivity index (χ1n) is 7.37. The molecule has 1 saturated carbocycles. The SMILES string of the molecule is COC1(C(=O)NS(=O)(=O)c2cc(F)c(N)c(C#N)c2)CCCCC1. The fraction of sp³-hybridized carbons (Fsp3) is 0.467. The first-order valence-corrected chi connectivity index (χ1v) is 8.85. The third kappa shape index (κ3) is 3.34. The summed E-state index contributed by atoms with van der Waals surface area (Å²) in [5.74, 6) is -1.83. The van der Waals surface area contributed by atoms with Crippen LogP contribution in [0.15, 0.2) is 17.0 Å². The number of hydrogen-bond acceptors (Lipinski definition) is 6. The molecule has 0 unspecified atom stereocenters. The van der Waals surface area contributed by atoms with Crippen LogP contribution in [0.1, 0.15) is 37.7 Å². The van der Waals surface area contributed by atoms with Gasteiger partial charge in [0.1, 0.15) is 17.5 Å². The highest BCUT2D eigenvalue weighted by Crippen LogP contribution is 2.32. The molecular formula is C15H18FN3O4S. The molecule has 2 rings (SSSR count). The number of nitrogens with two attached hydrogens (primary N) is 1. The van der Waals surface area contributed by atoms with Gasteiger partial charge in [-0.05, 0) is 25.0 Å². The Balaban J connectivity index is 2.33. The summed E-state index contributed by atoms with van der Waals surface area (Å²) in [6.07, 6.45) is 3.25. The molecule has 130 valence electrons. The van der Waals surface area contributed by atoms with Crippen molar-refractivity contribution < 1.29 is 22.3 Å². The quantitative estimate of drug-likeness (QED) is 0.788. The number of carbonyl (C=O) groups excluding carboxylic acids is 1. The van der Waals surface area contributed by atoms with Crippen molar-refractivity contribution in [1.82, 2.24) is 4.72 Å². The molecule has 24 heavy (non-hydrogen) atoms. The summed E-state index contributed by atoms with van der Waals surface area (Å²) in [5, 5.41) is 8.90. The van der Waals surface area contributed by atoms with Gasteiger partial charge in [0.05, 0.1) is 16.1 Å². The predicted octanol–water partition coefficient (Wildman–Crippen LogP) is 1.43. The van der Waals surface area contributed by atoms with Crippen molar-refractivity contribution in [2.24, 2.45) is 0 Å². The first-order chi connectivity index (χ1) is 11.3. The van der Waals surface area contributed by atoms with E-state index in [1.165, 1.54) is 7.11 Å². The van der Waals surface area contributed by atoms with Crippen LogP contribution in [0.2, 0.25) is 0 Å². The molecule has 1 fully saturated rings. The number of anilines is 1. The van der Waals surface area contributed by atoms with Gasteiger partial charge in [-0.15, -0.1) is 0 Å². The molecule has 1 aliphatic carbocycles. The van der Waals surface area contributed by atoms with Crippen molar-refractivity contribution in [3.63, 3.8) is 0 Å². The van der Waals surface area contributed by atoms with Gasteiger partial charge in [-0.25, -0.2) is 17.5 Å². The number of carbonyl (C=O) groups is 1. The number of ether oxygens (including phenoxy) is 1. The summed E-state index contributed by atoms with van der Waals surface area (Å²) < 4.78 is 45.7. The smallest absolute Gasteiger partial charge is 0.265 e. The van der Waals surface area contributed by atoms with Crippen LogP contribution in [0.25, 0.3) is 0 Å². The van der Waals surface area contributed by atoms with Crippen LogP contribution in [-0.2, 0) is 19.6 Å². The van der Waals surface area contributed by atoms with E-state index in [1.54, 1.807) is 6.07 Å². The molecule has 1 aliphatic rings. The van der Waals surface area contributed by atoms with E-state index in [1.807, 2.05) is 4.72 Å². The molecule has 9 heteroatoms. The van der Waals surface area contributed by atoms with Crippen molar-refractivity contribution in [2.45, 2.75) is 42.6 Å². The summed E-state index contributed by atoms with van der Waals surface area (Å²) in [6.45, 7) is 0. The molecule has 0 atom stereocenters. The number of halogens is 1. The fourth-order valence-electron chi connectivity index (χ4n) is 2.76. The molecule has 1 aromatic rings. The van der Waals surface area contributed by atoms with Crippen LogP contribution in [-0.4, -0.2) is 27.0 Å². The van der Waals surface area contributed by atoms with E-state index < -0.39 is 37.9 Å². The summed E-state index contributed by atoms with van der Waals surface area (Å²) in [7, 11) is -3.00. The lowest BCUT2D eigenvalue weighted by atomic mass is 9.84. The van der Waals surface area contributed by atoms with Gasteiger partial charge in [0.25, 0.3) is 15.9 Å². The summed E-state index contributed by atoms with van der Waals surface area (Å²) in [5.41, 5.74) is 3.39. The first kappa shape index (κ1) is 18.2. The van der Waals surface area contributed by atoms with Crippen molar-refractivity contribution in [3.8, 4) is 6.07 Å². The number of nitriles is 1. The molecule has 0 aliphatic heterocycles. The Hall–Kier alpha value is -2.18. The molecule has 0 spiro atoms. The van der Waals surface area contributed by atoms with Crippen molar-refractivity contribution in [3.05, 3.63) is 23.5 Å². The summed E-state index contributed by atoms with van der Waals surface area (Å²) >= 11 is 0. The fourth-order valence-corrected chi connectivity index (χ4v) is 3.84. The third-order valence-electron chi connectivity index (χ3n) is 4.23. The average Bonchev–Trinajstić information content (AvgIpc) is 2.57. The second-order valence-electron chi connectivity index (χ2n) is 5.67. The van der Waals surface area contributed by atoms with Crippen LogP contribution in [0.5, 0.6) is 0 Å². The second-order valence-corrected chi connectivity index (χ2v) is 7.35. The minimum absolute atomic E-state index is 0.318. The highest BCUT2D eigenvalue weighted by Gasteiger charge is 2.41.